The molecule has 5 nitrogen and oxygen atoms in total. The number of sulfonamides is 1. The maximum atomic E-state index is 13.8. The fourth-order valence-electron chi connectivity index (χ4n) is 2.43. The quantitative estimate of drug-likeness (QED) is 0.736. The zero-order valence-electron chi connectivity index (χ0n) is 12.7. The predicted octanol–water partition coefficient (Wildman–Crippen LogP) is 3.38. The maximum Gasteiger partial charge on any atom is 0.262 e. The molecule has 0 aliphatic rings. The highest BCUT2D eigenvalue weighted by atomic mass is 32.2. The van der Waals surface area contributed by atoms with Crippen molar-refractivity contribution in [2.75, 3.05) is 4.72 Å². The summed E-state index contributed by atoms with van der Waals surface area (Å²) in [6, 6.07) is 11.5. The lowest BCUT2D eigenvalue weighted by Gasteiger charge is -2.12. The summed E-state index contributed by atoms with van der Waals surface area (Å²) in [5.74, 6) is -0.868. The molecule has 0 radical (unpaired) electrons. The Morgan fingerprint density at radius 3 is 2.58 bits per heavy atom. The van der Waals surface area contributed by atoms with Gasteiger partial charge in [0.1, 0.15) is 11.3 Å². The number of hydrogen-bond donors (Lipinski definition) is 1. The monoisotopic (exact) mass is 344 g/mol. The largest absolute Gasteiger partial charge is 0.294 e. The summed E-state index contributed by atoms with van der Waals surface area (Å²) >= 11 is 0. The van der Waals surface area contributed by atoms with Crippen molar-refractivity contribution in [1.29, 1.82) is 0 Å². The van der Waals surface area contributed by atoms with Gasteiger partial charge in [-0.1, -0.05) is 12.1 Å². The third kappa shape index (κ3) is 2.85. The van der Waals surface area contributed by atoms with Crippen LogP contribution in [0.1, 0.15) is 17.3 Å². The van der Waals surface area contributed by atoms with Gasteiger partial charge in [0, 0.05) is 17.1 Å². The maximum absolute atomic E-state index is 13.8. The summed E-state index contributed by atoms with van der Waals surface area (Å²) in [5, 5.41) is 0.172. The molecule has 0 fully saturated rings. The molecule has 0 spiro atoms. The molecule has 3 aromatic rings. The van der Waals surface area contributed by atoms with Gasteiger partial charge < -0.3 is 0 Å². The number of pyridine rings is 1. The number of para-hydroxylation sites is 1. The molecule has 1 aromatic heterocycles. The lowest BCUT2D eigenvalue weighted by atomic mass is 10.1. The van der Waals surface area contributed by atoms with Gasteiger partial charge in [-0.2, -0.15) is 0 Å². The van der Waals surface area contributed by atoms with E-state index in [4.69, 9.17) is 0 Å². The zero-order valence-corrected chi connectivity index (χ0v) is 13.5. The van der Waals surface area contributed by atoms with Gasteiger partial charge in [0.25, 0.3) is 10.0 Å². The van der Waals surface area contributed by atoms with Gasteiger partial charge in [-0.25, -0.2) is 12.8 Å². The van der Waals surface area contributed by atoms with Gasteiger partial charge in [0.05, 0.1) is 10.6 Å². The van der Waals surface area contributed by atoms with Crippen molar-refractivity contribution < 1.29 is 17.6 Å². The average molecular weight is 344 g/mol. The van der Waals surface area contributed by atoms with Crippen LogP contribution in [0.5, 0.6) is 0 Å². The van der Waals surface area contributed by atoms with Crippen molar-refractivity contribution >= 4 is 32.4 Å². The second-order valence-electron chi connectivity index (χ2n) is 5.15. The number of anilines is 1. The van der Waals surface area contributed by atoms with Crippen LogP contribution in [0.15, 0.2) is 59.6 Å². The Balaban J connectivity index is 2.14. The smallest absolute Gasteiger partial charge is 0.262 e. The summed E-state index contributed by atoms with van der Waals surface area (Å²) in [5.41, 5.74) is 0.400. The molecule has 3 rings (SSSR count). The first kappa shape index (κ1) is 16.1. The summed E-state index contributed by atoms with van der Waals surface area (Å²) in [6.07, 6.45) is 1.39. The standard InChI is InChI=1S/C17H13FN2O3S/c1-11(21)12-5-2-3-7-15(12)20-24(22,23)16-9-8-14(18)17-13(16)6-4-10-19-17/h2-10,20H,1H3. The Bertz CT molecular complexity index is 1050. The van der Waals surface area contributed by atoms with Crippen LogP contribution >= 0.6 is 0 Å². The molecule has 0 amide bonds. The molecule has 1 N–H and O–H groups in total. The molecule has 1 heterocycles. The van der Waals surface area contributed by atoms with E-state index in [9.17, 15) is 17.6 Å². The Hall–Kier alpha value is -2.80. The van der Waals surface area contributed by atoms with Crippen molar-refractivity contribution in [3.8, 4) is 0 Å². The molecule has 0 bridgehead atoms. The minimum Gasteiger partial charge on any atom is -0.294 e. The third-order valence-corrected chi connectivity index (χ3v) is 4.94. The highest BCUT2D eigenvalue weighted by Gasteiger charge is 2.21. The second kappa shape index (κ2) is 6.01. The summed E-state index contributed by atoms with van der Waals surface area (Å²) in [7, 11) is -4.02. The van der Waals surface area contributed by atoms with E-state index in [0.29, 0.717) is 0 Å². The number of hydrogen-bond acceptors (Lipinski definition) is 4. The number of halogens is 1. The van der Waals surface area contributed by atoms with E-state index in [2.05, 4.69) is 9.71 Å². The van der Waals surface area contributed by atoms with Crippen LogP contribution in [0, 0.1) is 5.82 Å². The topological polar surface area (TPSA) is 76.1 Å². The van der Waals surface area contributed by atoms with Crippen LogP contribution < -0.4 is 4.72 Å². The molecule has 2 aromatic carbocycles. The fourth-order valence-corrected chi connectivity index (χ4v) is 3.70. The van der Waals surface area contributed by atoms with Crippen LogP contribution in [0.4, 0.5) is 10.1 Å². The fraction of sp³-hybridized carbons (Fsp3) is 0.0588. The van der Waals surface area contributed by atoms with Gasteiger partial charge in [-0.05, 0) is 43.3 Å². The number of carbonyl (C=O) groups excluding carboxylic acids is 1. The molecule has 0 unspecified atom stereocenters. The van der Waals surface area contributed by atoms with Gasteiger partial charge in [-0.15, -0.1) is 0 Å². The van der Waals surface area contributed by atoms with Crippen molar-refractivity contribution in [1.82, 2.24) is 4.98 Å². The number of nitrogens with one attached hydrogen (secondary N) is 1. The molecular weight excluding hydrogens is 331 g/mol. The molecular formula is C17H13FN2O3S. The molecule has 0 saturated carbocycles. The number of Topliss-reactive ketones (excluding diaryl/α,β-unsaturated/α-hetero) is 1. The van der Waals surface area contributed by atoms with Crippen LogP contribution in [0.2, 0.25) is 0 Å². The second-order valence-corrected chi connectivity index (χ2v) is 6.80. The molecule has 0 atom stereocenters. The van der Waals surface area contributed by atoms with E-state index in [1.54, 1.807) is 12.1 Å². The summed E-state index contributed by atoms with van der Waals surface area (Å²) < 4.78 is 41.7. The van der Waals surface area contributed by atoms with Crippen LogP contribution in [0.3, 0.4) is 0 Å². The number of ketones is 1. The Labute approximate surface area is 138 Å². The van der Waals surface area contributed by atoms with Gasteiger partial charge in [0.2, 0.25) is 0 Å². The van der Waals surface area contributed by atoms with Gasteiger partial charge in [0.15, 0.2) is 5.78 Å². The summed E-state index contributed by atoms with van der Waals surface area (Å²) in [6.45, 7) is 1.35. The third-order valence-electron chi connectivity index (χ3n) is 3.52. The first-order chi connectivity index (χ1) is 11.4. The van der Waals surface area contributed by atoms with E-state index in [1.807, 2.05) is 0 Å². The number of benzene rings is 2. The molecule has 7 heteroatoms. The molecule has 24 heavy (non-hydrogen) atoms. The number of fused-ring (bicyclic) bond motifs is 1. The van der Waals surface area contributed by atoms with Crippen LogP contribution in [-0.4, -0.2) is 19.2 Å². The van der Waals surface area contributed by atoms with Gasteiger partial charge in [-0.3, -0.25) is 14.5 Å². The number of nitrogens with zero attached hydrogens (tertiary/aromatic N) is 1. The van der Waals surface area contributed by atoms with Gasteiger partial charge >= 0.3 is 0 Å². The lowest BCUT2D eigenvalue weighted by molar-refractivity contribution is 0.101. The summed E-state index contributed by atoms with van der Waals surface area (Å²) in [4.78, 5) is 15.4. The van der Waals surface area contributed by atoms with Crippen molar-refractivity contribution in [3.05, 3.63) is 66.1 Å². The highest BCUT2D eigenvalue weighted by molar-refractivity contribution is 7.93. The van der Waals surface area contributed by atoms with Crippen molar-refractivity contribution in [2.24, 2.45) is 0 Å². The van der Waals surface area contributed by atoms with Crippen LogP contribution in [-0.2, 0) is 10.0 Å². The van der Waals surface area contributed by atoms with Crippen molar-refractivity contribution in [2.45, 2.75) is 11.8 Å². The Morgan fingerprint density at radius 2 is 1.83 bits per heavy atom. The van der Waals surface area contributed by atoms with Crippen LogP contribution in [0.25, 0.3) is 10.9 Å². The normalized spacial score (nSPS) is 11.4. The molecule has 0 saturated heterocycles. The molecule has 0 aliphatic carbocycles. The van der Waals surface area contributed by atoms with E-state index < -0.39 is 15.8 Å². The molecule has 0 aliphatic heterocycles. The van der Waals surface area contributed by atoms with E-state index in [-0.39, 0.29) is 32.8 Å². The lowest BCUT2D eigenvalue weighted by Crippen LogP contribution is -2.15. The first-order valence-corrected chi connectivity index (χ1v) is 8.54. The van der Waals surface area contributed by atoms with Crippen molar-refractivity contribution in [3.63, 3.8) is 0 Å². The number of aromatic nitrogens is 1. The average Bonchev–Trinajstić information content (AvgIpc) is 2.55. The SMILES string of the molecule is CC(=O)c1ccccc1NS(=O)(=O)c1ccc(F)c2ncccc12. The number of rotatable bonds is 4. The zero-order chi connectivity index (χ0) is 17.3. The highest BCUT2D eigenvalue weighted by Crippen LogP contribution is 2.26. The minimum absolute atomic E-state index is 0.0276. The minimum atomic E-state index is -4.02. The Morgan fingerprint density at radius 1 is 1.08 bits per heavy atom. The van der Waals surface area contributed by atoms with E-state index in [1.165, 1.54) is 43.5 Å². The van der Waals surface area contributed by atoms with E-state index >= 15 is 0 Å². The predicted molar refractivity (Wildman–Crippen MR) is 89.0 cm³/mol. The Kier molecular flexibility index (Phi) is 4.02. The molecule has 122 valence electrons. The first-order valence-electron chi connectivity index (χ1n) is 7.06. The number of carbonyl (C=O) groups is 1. The van der Waals surface area contributed by atoms with E-state index in [0.717, 1.165) is 6.07 Å².